The van der Waals surface area contributed by atoms with Crippen molar-refractivity contribution in [2.24, 2.45) is 10.2 Å². The largest absolute Gasteiger partial charge is 0.478 e. The predicted molar refractivity (Wildman–Crippen MR) is 88.7 cm³/mol. The van der Waals surface area contributed by atoms with Gasteiger partial charge >= 0.3 is 11.9 Å². The van der Waals surface area contributed by atoms with Crippen LogP contribution in [0, 0.1) is 0 Å². The molecule has 0 atom stereocenters. The maximum absolute atomic E-state index is 12.1. The molecule has 0 bridgehead atoms. The van der Waals surface area contributed by atoms with E-state index < -0.39 is 11.9 Å². The molecule has 8 nitrogen and oxygen atoms in total. The van der Waals surface area contributed by atoms with Crippen LogP contribution < -0.4 is 0 Å². The van der Waals surface area contributed by atoms with Gasteiger partial charge < -0.3 is 9.84 Å². The van der Waals surface area contributed by atoms with E-state index in [1.165, 1.54) is 12.1 Å². The SMILES string of the molecule is CCOC(=O)c1nc2ccccn2c1N=Nc1ccccc1C(=O)O. The fourth-order valence-electron chi connectivity index (χ4n) is 2.26. The van der Waals surface area contributed by atoms with Crippen molar-refractivity contribution < 1.29 is 19.4 Å². The molecule has 126 valence electrons. The molecule has 0 spiro atoms. The number of carboxylic acid groups (broad SMARTS) is 1. The van der Waals surface area contributed by atoms with Crippen molar-refractivity contribution in [1.82, 2.24) is 9.38 Å². The number of azo groups is 1. The minimum Gasteiger partial charge on any atom is -0.478 e. The highest BCUT2D eigenvalue weighted by molar-refractivity contribution is 5.94. The zero-order valence-corrected chi connectivity index (χ0v) is 13.3. The van der Waals surface area contributed by atoms with Crippen molar-refractivity contribution in [3.8, 4) is 0 Å². The average molecular weight is 338 g/mol. The number of pyridine rings is 1. The molecule has 1 aromatic carbocycles. The molecular weight excluding hydrogens is 324 g/mol. The third-order valence-electron chi connectivity index (χ3n) is 3.36. The minimum absolute atomic E-state index is 0.0118. The summed E-state index contributed by atoms with van der Waals surface area (Å²) in [6.07, 6.45) is 1.68. The summed E-state index contributed by atoms with van der Waals surface area (Å²) in [5.41, 5.74) is 0.712. The number of fused-ring (bicyclic) bond motifs is 1. The monoisotopic (exact) mass is 338 g/mol. The zero-order chi connectivity index (χ0) is 17.8. The van der Waals surface area contributed by atoms with E-state index in [4.69, 9.17) is 4.74 Å². The maximum Gasteiger partial charge on any atom is 0.360 e. The van der Waals surface area contributed by atoms with Gasteiger partial charge in [0.1, 0.15) is 11.3 Å². The van der Waals surface area contributed by atoms with Gasteiger partial charge in [-0.1, -0.05) is 18.2 Å². The van der Waals surface area contributed by atoms with Gasteiger partial charge in [0, 0.05) is 6.20 Å². The van der Waals surface area contributed by atoms with Crippen LogP contribution in [0.1, 0.15) is 27.8 Å². The molecule has 0 unspecified atom stereocenters. The topological polar surface area (TPSA) is 106 Å². The molecule has 3 rings (SSSR count). The van der Waals surface area contributed by atoms with Gasteiger partial charge in [-0.25, -0.2) is 14.6 Å². The van der Waals surface area contributed by atoms with Crippen LogP contribution in [0.3, 0.4) is 0 Å². The van der Waals surface area contributed by atoms with Crippen molar-refractivity contribution >= 4 is 29.1 Å². The number of hydrogen-bond donors (Lipinski definition) is 1. The molecule has 2 heterocycles. The van der Waals surface area contributed by atoms with E-state index in [2.05, 4.69) is 15.2 Å². The Morgan fingerprint density at radius 3 is 2.68 bits per heavy atom. The molecule has 0 aliphatic carbocycles. The first-order valence-electron chi connectivity index (χ1n) is 7.50. The lowest BCUT2D eigenvalue weighted by Gasteiger charge is -2.01. The Morgan fingerprint density at radius 2 is 1.92 bits per heavy atom. The summed E-state index contributed by atoms with van der Waals surface area (Å²) in [5.74, 6) is -1.56. The lowest BCUT2D eigenvalue weighted by atomic mass is 10.2. The summed E-state index contributed by atoms with van der Waals surface area (Å²) >= 11 is 0. The predicted octanol–water partition coefficient (Wildman–Crippen LogP) is 3.62. The number of hydrogen-bond acceptors (Lipinski definition) is 6. The molecule has 3 aromatic rings. The number of carboxylic acids is 1. The smallest absolute Gasteiger partial charge is 0.360 e. The fourth-order valence-corrected chi connectivity index (χ4v) is 2.26. The molecule has 0 radical (unpaired) electrons. The van der Waals surface area contributed by atoms with Crippen molar-refractivity contribution in [2.45, 2.75) is 6.92 Å². The molecular formula is C17H14N4O4. The van der Waals surface area contributed by atoms with Crippen LogP contribution >= 0.6 is 0 Å². The van der Waals surface area contributed by atoms with E-state index in [0.29, 0.717) is 5.65 Å². The van der Waals surface area contributed by atoms with Crippen LogP contribution in [0.4, 0.5) is 11.5 Å². The third-order valence-corrected chi connectivity index (χ3v) is 3.36. The molecule has 0 aliphatic heterocycles. The van der Waals surface area contributed by atoms with Gasteiger partial charge in [-0.2, -0.15) is 0 Å². The second-order valence-electron chi connectivity index (χ2n) is 4.96. The summed E-state index contributed by atoms with van der Waals surface area (Å²) in [5, 5.41) is 17.3. The minimum atomic E-state index is -1.11. The van der Waals surface area contributed by atoms with Gasteiger partial charge in [-0.05, 0) is 31.2 Å². The lowest BCUT2D eigenvalue weighted by Crippen LogP contribution is -2.05. The number of carbonyl (C=O) groups is 2. The number of ether oxygens (including phenoxy) is 1. The van der Waals surface area contributed by atoms with Crippen LogP contribution in [0.15, 0.2) is 58.9 Å². The van der Waals surface area contributed by atoms with Crippen molar-refractivity contribution in [3.05, 3.63) is 59.9 Å². The second-order valence-corrected chi connectivity index (χ2v) is 4.96. The van der Waals surface area contributed by atoms with Crippen LogP contribution in [0.2, 0.25) is 0 Å². The second kappa shape index (κ2) is 6.91. The first-order chi connectivity index (χ1) is 12.1. The molecule has 1 N–H and O–H groups in total. The summed E-state index contributed by atoms with van der Waals surface area (Å²) in [7, 11) is 0. The average Bonchev–Trinajstić information content (AvgIpc) is 2.99. The summed E-state index contributed by atoms with van der Waals surface area (Å²) < 4.78 is 6.58. The van der Waals surface area contributed by atoms with Gasteiger partial charge in [-0.3, -0.25) is 4.40 Å². The highest BCUT2D eigenvalue weighted by atomic mass is 16.5. The first kappa shape index (κ1) is 16.3. The molecule has 0 amide bonds. The summed E-state index contributed by atoms with van der Waals surface area (Å²) in [6, 6.07) is 11.5. The molecule has 8 heteroatoms. The molecule has 0 aliphatic rings. The Bertz CT molecular complexity index is 978. The molecule has 2 aromatic heterocycles. The van der Waals surface area contributed by atoms with Crippen molar-refractivity contribution in [3.63, 3.8) is 0 Å². The highest BCUT2D eigenvalue weighted by Crippen LogP contribution is 2.26. The Balaban J connectivity index is 2.10. The van der Waals surface area contributed by atoms with E-state index in [9.17, 15) is 14.7 Å². The Labute approximate surface area is 142 Å². The number of aromatic nitrogens is 2. The highest BCUT2D eigenvalue weighted by Gasteiger charge is 2.20. The number of nitrogens with zero attached hydrogens (tertiary/aromatic N) is 4. The number of benzene rings is 1. The summed E-state index contributed by atoms with van der Waals surface area (Å²) in [6.45, 7) is 1.89. The number of carbonyl (C=O) groups excluding carboxylic acids is 1. The van der Waals surface area contributed by atoms with E-state index in [-0.39, 0.29) is 29.4 Å². The van der Waals surface area contributed by atoms with Gasteiger partial charge in [0.2, 0.25) is 0 Å². The standard InChI is InChI=1S/C17H14N4O4/c1-2-25-17(24)14-15(21-10-6-5-9-13(21)18-14)20-19-12-8-4-3-7-11(12)16(22)23/h3-10H,2H2,1H3,(H,22,23). The van der Waals surface area contributed by atoms with Crippen LogP contribution in [-0.4, -0.2) is 33.0 Å². The number of esters is 1. The van der Waals surface area contributed by atoms with Crippen LogP contribution in [0.25, 0.3) is 5.65 Å². The van der Waals surface area contributed by atoms with Gasteiger partial charge in [0.15, 0.2) is 11.5 Å². The van der Waals surface area contributed by atoms with Crippen molar-refractivity contribution in [1.29, 1.82) is 0 Å². The lowest BCUT2D eigenvalue weighted by molar-refractivity contribution is 0.0520. The number of aromatic carboxylic acids is 1. The Kier molecular flexibility index (Phi) is 4.51. The summed E-state index contributed by atoms with van der Waals surface area (Å²) in [4.78, 5) is 27.6. The van der Waals surface area contributed by atoms with Gasteiger partial charge in [0.25, 0.3) is 0 Å². The van der Waals surface area contributed by atoms with Crippen LogP contribution in [-0.2, 0) is 4.74 Å². The normalized spacial score (nSPS) is 11.1. The Hall–Kier alpha value is -3.55. The van der Waals surface area contributed by atoms with E-state index in [1.54, 1.807) is 47.9 Å². The molecule has 0 fully saturated rings. The maximum atomic E-state index is 12.1. The molecule has 0 saturated carbocycles. The van der Waals surface area contributed by atoms with Gasteiger partial charge in [0.05, 0.1) is 12.2 Å². The van der Waals surface area contributed by atoms with Gasteiger partial charge in [-0.15, -0.1) is 10.2 Å². The van der Waals surface area contributed by atoms with E-state index in [0.717, 1.165) is 0 Å². The quantitative estimate of drug-likeness (QED) is 0.565. The van der Waals surface area contributed by atoms with Crippen molar-refractivity contribution in [2.75, 3.05) is 6.61 Å². The van der Waals surface area contributed by atoms with E-state index >= 15 is 0 Å². The van der Waals surface area contributed by atoms with Crippen LogP contribution in [0.5, 0.6) is 0 Å². The first-order valence-corrected chi connectivity index (χ1v) is 7.50. The fraction of sp³-hybridized carbons (Fsp3) is 0.118. The molecule has 0 saturated heterocycles. The Morgan fingerprint density at radius 1 is 1.16 bits per heavy atom. The zero-order valence-electron chi connectivity index (χ0n) is 13.3. The number of imidazole rings is 1. The number of rotatable bonds is 5. The third kappa shape index (κ3) is 3.23. The van der Waals surface area contributed by atoms with E-state index in [1.807, 2.05) is 0 Å². The molecule has 25 heavy (non-hydrogen) atoms.